The molecule has 4 fully saturated rings. The van der Waals surface area contributed by atoms with Crippen molar-refractivity contribution in [3.05, 3.63) is 216 Å². The van der Waals surface area contributed by atoms with Gasteiger partial charge >= 0.3 is 37.1 Å². The molecule has 2 atom stereocenters. The number of benzene rings is 6. The Bertz CT molecular complexity index is 2860. The number of likely N-dealkylation sites (tertiary alicyclic amines) is 3. The zero-order chi connectivity index (χ0) is 57.4. The molecule has 3 amide bonds. The molecule has 0 aliphatic carbocycles. The van der Waals surface area contributed by atoms with E-state index in [9.17, 15) is 22.8 Å². The second kappa shape index (κ2) is 36.0. The van der Waals surface area contributed by atoms with E-state index in [-0.39, 0.29) is 98.6 Å². The maximum absolute atomic E-state index is 12.7. The molecule has 0 spiro atoms. The summed E-state index contributed by atoms with van der Waals surface area (Å²) in [5, 5.41) is 0. The largest absolute Gasteiger partial charge is 1.00 e. The molecule has 4 aliphatic rings. The smallest absolute Gasteiger partial charge is 0.445 e. The van der Waals surface area contributed by atoms with Crippen molar-refractivity contribution in [1.29, 1.82) is 0 Å². The number of carbonyl (C=O) groups is 3. The summed E-state index contributed by atoms with van der Waals surface area (Å²) >= 11 is 0. The molecule has 10 rings (SSSR count). The molecule has 83 heavy (non-hydrogen) atoms. The van der Waals surface area contributed by atoms with Gasteiger partial charge in [0.2, 0.25) is 0 Å². The van der Waals surface area contributed by atoms with Crippen molar-refractivity contribution in [2.24, 2.45) is 10.1 Å². The van der Waals surface area contributed by atoms with E-state index in [1.54, 1.807) is 14.7 Å². The SMILES string of the molecule is C1CCOC1.CC(C)(C)S(=O)N=C1CN(C(=O)OCc2ccccc2)C1.CC(C)(C)S(=O)NC1(c2ccccc2)CN(C(=O)OCc2ccccc2)C1.Cl.NC1(c2ccccc2)CN(C(=O)OCc2ccccc2)C1.[Li+].[U].[c-]1ccccc1. The van der Waals surface area contributed by atoms with Gasteiger partial charge in [-0.2, -0.15) is 40.8 Å². The molecule has 438 valence electrons. The summed E-state index contributed by atoms with van der Waals surface area (Å²) in [4.78, 5) is 41.0. The summed E-state index contributed by atoms with van der Waals surface area (Å²) < 4.78 is 52.1. The fourth-order valence-electron chi connectivity index (χ4n) is 7.96. The van der Waals surface area contributed by atoms with E-state index in [0.29, 0.717) is 45.9 Å². The van der Waals surface area contributed by atoms with Crippen LogP contribution in [-0.2, 0) is 71.8 Å². The van der Waals surface area contributed by atoms with Gasteiger partial charge in [-0.15, -0.1) is 12.4 Å². The van der Waals surface area contributed by atoms with Crippen LogP contribution in [0.4, 0.5) is 14.4 Å². The van der Waals surface area contributed by atoms with E-state index >= 15 is 0 Å². The van der Waals surface area contributed by atoms with Gasteiger partial charge in [0.15, 0.2) is 0 Å². The Morgan fingerprint density at radius 3 is 1.27 bits per heavy atom. The molecule has 2 unspecified atom stereocenters. The normalized spacial score (nSPS) is 15.7. The van der Waals surface area contributed by atoms with Crippen LogP contribution < -0.4 is 29.3 Å². The van der Waals surface area contributed by atoms with Gasteiger partial charge in [0.05, 0.1) is 50.4 Å². The van der Waals surface area contributed by atoms with Crippen LogP contribution in [0.3, 0.4) is 0 Å². The van der Waals surface area contributed by atoms with E-state index < -0.39 is 37.8 Å². The Balaban J connectivity index is 0.000000294. The van der Waals surface area contributed by atoms with E-state index in [1.165, 1.54) is 12.8 Å². The van der Waals surface area contributed by atoms with Crippen molar-refractivity contribution in [3.63, 3.8) is 0 Å². The summed E-state index contributed by atoms with van der Waals surface area (Å²) in [5.41, 5.74) is 11.1. The van der Waals surface area contributed by atoms with E-state index in [1.807, 2.05) is 224 Å². The number of nitrogens with two attached hydrogens (primary N) is 1. The molecule has 0 radical (unpaired) electrons. The summed E-state index contributed by atoms with van der Waals surface area (Å²) in [7, 11) is -2.51. The molecule has 0 saturated carbocycles. The number of carbonyl (C=O) groups excluding carboxylic acids is 3. The standard InChI is InChI=1S/C21H26N2O3S.C17H18N2O2.C15H20N2O3S.C6H5.C4H8O.ClH.Li.U/c1-20(2,3)27(25)22-21(18-12-8-5-9-13-18)15-23(16-21)19(24)26-14-17-10-6-4-7-11-17;18-17(15-9-5-2-6-10-15)12-19(13-17)16(20)21-11-14-7-3-1-4-8-14;1-15(2,3)21(19)16-13-9-17(10-13)14(18)20-11-12-7-5-4-6-8-12;1-2-4-6-5-3-1;1-2-4-5-3-1;;;/h4-13,22H,14-16H2,1-3H3;1-10H,11-13,18H2;4-8H,9-11H2,1-3H3;1-5H;1-4H2;1H;;/q;;;-1;;;+1;. The minimum absolute atomic E-state index is 0. The van der Waals surface area contributed by atoms with E-state index in [0.717, 1.165) is 46.7 Å². The Morgan fingerprint density at radius 1 is 0.566 bits per heavy atom. The van der Waals surface area contributed by atoms with Crippen molar-refractivity contribution in [2.75, 3.05) is 52.5 Å². The summed E-state index contributed by atoms with van der Waals surface area (Å²) in [5.74, 6) is 0. The van der Waals surface area contributed by atoms with Gasteiger partial charge in [-0.3, -0.25) is 4.90 Å². The Labute approximate surface area is 538 Å². The Morgan fingerprint density at radius 2 is 0.928 bits per heavy atom. The monoisotopic (exact) mass is 1410 g/mol. The fraction of sp³-hybridized carbons (Fsp3) is 0.365. The average Bonchev–Trinajstić information content (AvgIpc) is 3.57. The van der Waals surface area contributed by atoms with Gasteiger partial charge in [-0.05, 0) is 82.2 Å². The molecular formula is C63H78ClLiN6O9S2U. The van der Waals surface area contributed by atoms with Gasteiger partial charge in [0, 0.05) is 70.5 Å². The maximum Gasteiger partial charge on any atom is 1.00 e. The maximum atomic E-state index is 12.7. The summed E-state index contributed by atoms with van der Waals surface area (Å²) in [6.07, 6.45) is 1.53. The number of nitrogens with zero attached hydrogens (tertiary/aromatic N) is 4. The first-order valence-corrected chi connectivity index (χ1v) is 29.0. The third-order valence-corrected chi connectivity index (χ3v) is 15.9. The minimum atomic E-state index is -1.27. The molecule has 15 nitrogen and oxygen atoms in total. The van der Waals surface area contributed by atoms with Crippen LogP contribution in [-0.4, -0.2) is 109 Å². The van der Waals surface area contributed by atoms with Crippen LogP contribution >= 0.6 is 12.4 Å². The number of hydrogen-bond donors (Lipinski definition) is 2. The first kappa shape index (κ1) is 72.2. The van der Waals surface area contributed by atoms with Crippen LogP contribution in [0.25, 0.3) is 0 Å². The molecule has 20 heteroatoms. The number of halogens is 1. The number of amides is 3. The molecule has 4 saturated heterocycles. The van der Waals surface area contributed by atoms with Crippen molar-refractivity contribution in [2.45, 2.75) is 94.8 Å². The van der Waals surface area contributed by atoms with Gasteiger partial charge in [-0.1, -0.05) is 152 Å². The molecule has 6 aromatic rings. The number of rotatable bonds is 11. The fourth-order valence-corrected chi connectivity index (χ4v) is 9.50. The molecule has 6 aromatic carbocycles. The van der Waals surface area contributed by atoms with Crippen molar-refractivity contribution >= 4 is 58.4 Å². The first-order chi connectivity index (χ1) is 38.3. The Hall–Kier alpha value is -5.08. The van der Waals surface area contributed by atoms with Gasteiger partial charge in [0.1, 0.15) is 30.8 Å². The van der Waals surface area contributed by atoms with Crippen LogP contribution in [0.15, 0.2) is 186 Å². The van der Waals surface area contributed by atoms with Gasteiger partial charge in [0.25, 0.3) is 0 Å². The van der Waals surface area contributed by atoms with Crippen LogP contribution in [0.5, 0.6) is 0 Å². The zero-order valence-electron chi connectivity index (χ0n) is 48.8. The quantitative estimate of drug-likeness (QED) is 0.0727. The molecule has 0 bridgehead atoms. The predicted molar refractivity (Wildman–Crippen MR) is 324 cm³/mol. The molecular weight excluding hydrogens is 1330 g/mol. The third-order valence-electron chi connectivity index (χ3n) is 12.7. The van der Waals surface area contributed by atoms with Gasteiger partial charge in [-0.25, -0.2) is 27.5 Å². The second-order valence-corrected chi connectivity index (χ2v) is 25.4. The summed E-state index contributed by atoms with van der Waals surface area (Å²) in [6.45, 7) is 16.8. The summed E-state index contributed by atoms with van der Waals surface area (Å²) in [6, 6.07) is 61.0. The van der Waals surface area contributed by atoms with Crippen molar-refractivity contribution in [3.8, 4) is 0 Å². The number of ether oxygens (including phenoxy) is 4. The first-order valence-electron chi connectivity index (χ1n) is 26.8. The van der Waals surface area contributed by atoms with Crippen LogP contribution in [0.1, 0.15) is 82.2 Å². The van der Waals surface area contributed by atoms with Crippen molar-refractivity contribution < 1.29 is 91.7 Å². The molecule has 4 heterocycles. The topological polar surface area (TPSA) is 182 Å². The Kier molecular flexibility index (Phi) is 31.3. The number of hydrogen-bond acceptors (Lipinski definition) is 10. The van der Waals surface area contributed by atoms with Crippen LogP contribution in [0.2, 0.25) is 0 Å². The second-order valence-electron chi connectivity index (χ2n) is 21.6. The number of nitrogens with one attached hydrogen (secondary N) is 1. The zero-order valence-corrected chi connectivity index (χ0v) is 55.4. The van der Waals surface area contributed by atoms with Gasteiger partial charge < -0.3 is 34.5 Å². The van der Waals surface area contributed by atoms with E-state index in [4.69, 9.17) is 24.7 Å². The van der Waals surface area contributed by atoms with E-state index in [2.05, 4.69) is 15.2 Å². The molecule has 4 aliphatic heterocycles. The van der Waals surface area contributed by atoms with Crippen LogP contribution in [0, 0.1) is 37.2 Å². The van der Waals surface area contributed by atoms with Crippen molar-refractivity contribution in [1.82, 2.24) is 19.4 Å². The molecule has 0 aromatic heterocycles. The minimum Gasteiger partial charge on any atom is -0.445 e. The predicted octanol–water partition coefficient (Wildman–Crippen LogP) is 8.33. The average molecular weight is 1410 g/mol. The molecule has 3 N–H and O–H groups in total. The third kappa shape index (κ3) is 24.1.